The van der Waals surface area contributed by atoms with Gasteiger partial charge in [0.2, 0.25) is 0 Å². The van der Waals surface area contributed by atoms with Crippen LogP contribution in [0.4, 0.5) is 0 Å². The summed E-state index contributed by atoms with van der Waals surface area (Å²) in [6.45, 7) is 4.18. The Bertz CT molecular complexity index is 384. The van der Waals surface area contributed by atoms with Crippen LogP contribution in [0.5, 0.6) is 0 Å². The molecule has 0 radical (unpaired) electrons. The Morgan fingerprint density at radius 1 is 1.20 bits per heavy atom. The van der Waals surface area contributed by atoms with Gasteiger partial charge < -0.3 is 0 Å². The van der Waals surface area contributed by atoms with Crippen LogP contribution in [-0.4, -0.2) is 0 Å². The highest BCUT2D eigenvalue weighted by molar-refractivity contribution is 6.42. The van der Waals surface area contributed by atoms with Crippen LogP contribution in [-0.2, 0) is 5.41 Å². The van der Waals surface area contributed by atoms with Crippen molar-refractivity contribution in [1.82, 2.24) is 0 Å². The van der Waals surface area contributed by atoms with E-state index in [2.05, 4.69) is 19.8 Å². The molecule has 0 saturated heterocycles. The Hall–Kier alpha value is -0.640. The van der Waals surface area contributed by atoms with Crippen LogP contribution in [0.1, 0.15) is 32.3 Å². The molecule has 0 unspecified atom stereocenters. The van der Waals surface area contributed by atoms with E-state index in [0.717, 1.165) is 18.4 Å². The second-order valence-corrected chi connectivity index (χ2v) is 4.38. The summed E-state index contributed by atoms with van der Waals surface area (Å²) in [6, 6.07) is 5.63. The van der Waals surface area contributed by atoms with Gasteiger partial charge in [-0.15, -0.1) is 6.42 Å². The maximum absolute atomic E-state index is 5.99. The summed E-state index contributed by atoms with van der Waals surface area (Å²) in [5.74, 6) is 2.88. The molecule has 0 spiro atoms. The van der Waals surface area contributed by atoms with E-state index in [-0.39, 0.29) is 5.41 Å². The zero-order chi connectivity index (χ0) is 11.5. The fourth-order valence-electron chi connectivity index (χ4n) is 1.74. The minimum atomic E-state index is -0.214. The van der Waals surface area contributed by atoms with E-state index in [1.165, 1.54) is 0 Å². The third kappa shape index (κ3) is 2.30. The molecule has 0 N–H and O–H groups in total. The molecule has 2 heteroatoms. The molecule has 80 valence electrons. The molecule has 0 fully saturated rings. The highest BCUT2D eigenvalue weighted by Crippen LogP contribution is 2.34. The molecule has 0 nitrogen and oxygen atoms in total. The second kappa shape index (κ2) is 4.92. The molecule has 0 aliphatic carbocycles. The zero-order valence-corrected chi connectivity index (χ0v) is 10.5. The van der Waals surface area contributed by atoms with Crippen LogP contribution in [0.2, 0.25) is 10.0 Å². The largest absolute Gasteiger partial charge is 0.119 e. The number of rotatable bonds is 3. The number of benzene rings is 1. The normalized spacial score (nSPS) is 11.1. The van der Waals surface area contributed by atoms with Crippen molar-refractivity contribution in [2.75, 3.05) is 0 Å². The maximum atomic E-state index is 5.99. The lowest BCUT2D eigenvalue weighted by Crippen LogP contribution is -2.21. The van der Waals surface area contributed by atoms with Gasteiger partial charge in [-0.1, -0.05) is 49.0 Å². The number of hydrogen-bond donors (Lipinski definition) is 0. The first-order chi connectivity index (χ1) is 7.09. The molecule has 1 rings (SSSR count). The summed E-state index contributed by atoms with van der Waals surface area (Å²) in [6.07, 6.45) is 7.42. The molecule has 0 amide bonds. The van der Waals surface area contributed by atoms with Crippen LogP contribution in [0, 0.1) is 12.3 Å². The Labute approximate surface area is 102 Å². The zero-order valence-electron chi connectivity index (χ0n) is 8.98. The van der Waals surface area contributed by atoms with Crippen molar-refractivity contribution in [2.45, 2.75) is 32.1 Å². The third-order valence-corrected chi connectivity index (χ3v) is 3.69. The monoisotopic (exact) mass is 240 g/mol. The van der Waals surface area contributed by atoms with Crippen LogP contribution in [0.15, 0.2) is 18.2 Å². The minimum Gasteiger partial charge on any atom is -0.119 e. The molecule has 0 bridgehead atoms. The van der Waals surface area contributed by atoms with E-state index in [4.69, 9.17) is 29.6 Å². The minimum absolute atomic E-state index is 0.214. The molecule has 0 saturated carbocycles. The predicted octanol–water partition coefficient (Wildman–Crippen LogP) is 4.68. The van der Waals surface area contributed by atoms with Crippen molar-refractivity contribution >= 4 is 23.2 Å². The van der Waals surface area contributed by atoms with E-state index in [9.17, 15) is 0 Å². The van der Waals surface area contributed by atoms with Crippen LogP contribution < -0.4 is 0 Å². The van der Waals surface area contributed by atoms with Crippen molar-refractivity contribution in [3.05, 3.63) is 33.8 Å². The molecular weight excluding hydrogens is 227 g/mol. The van der Waals surface area contributed by atoms with Gasteiger partial charge in [0.25, 0.3) is 0 Å². The highest BCUT2D eigenvalue weighted by Gasteiger charge is 2.26. The van der Waals surface area contributed by atoms with Gasteiger partial charge in [-0.05, 0) is 30.5 Å². The van der Waals surface area contributed by atoms with Crippen molar-refractivity contribution in [3.63, 3.8) is 0 Å². The first-order valence-corrected chi connectivity index (χ1v) is 5.78. The summed E-state index contributed by atoms with van der Waals surface area (Å²) in [5, 5.41) is 1.13. The lowest BCUT2D eigenvalue weighted by Gasteiger charge is -2.26. The SMILES string of the molecule is C#CC(CC)(CC)c1ccc(Cl)c(Cl)c1. The van der Waals surface area contributed by atoms with Gasteiger partial charge in [0.1, 0.15) is 0 Å². The fraction of sp³-hybridized carbons (Fsp3) is 0.385. The molecule has 15 heavy (non-hydrogen) atoms. The average Bonchev–Trinajstić information content (AvgIpc) is 2.26. The standard InChI is InChI=1S/C13H14Cl2/c1-4-13(5-2,6-3)10-7-8-11(14)12(15)9-10/h1,7-9H,5-6H2,2-3H3. The van der Waals surface area contributed by atoms with E-state index < -0.39 is 0 Å². The Balaban J connectivity index is 3.25. The van der Waals surface area contributed by atoms with Gasteiger partial charge in [0, 0.05) is 0 Å². The first kappa shape index (κ1) is 12.4. The summed E-state index contributed by atoms with van der Waals surface area (Å²) >= 11 is 11.9. The quantitative estimate of drug-likeness (QED) is 0.674. The van der Waals surface area contributed by atoms with E-state index in [1.807, 2.05) is 12.1 Å². The summed E-state index contributed by atoms with van der Waals surface area (Å²) in [7, 11) is 0. The maximum Gasteiger partial charge on any atom is 0.0595 e. The predicted molar refractivity (Wildman–Crippen MR) is 67.6 cm³/mol. The lowest BCUT2D eigenvalue weighted by atomic mass is 9.77. The fourth-order valence-corrected chi connectivity index (χ4v) is 2.04. The van der Waals surface area contributed by atoms with Crippen LogP contribution in [0.3, 0.4) is 0 Å². The molecule has 0 aliphatic rings. The van der Waals surface area contributed by atoms with E-state index in [0.29, 0.717) is 10.0 Å². The van der Waals surface area contributed by atoms with E-state index >= 15 is 0 Å². The number of hydrogen-bond acceptors (Lipinski definition) is 0. The molecule has 0 atom stereocenters. The van der Waals surface area contributed by atoms with Gasteiger partial charge in [-0.25, -0.2) is 0 Å². The van der Waals surface area contributed by atoms with Gasteiger partial charge in [-0.3, -0.25) is 0 Å². The van der Waals surface area contributed by atoms with Crippen molar-refractivity contribution < 1.29 is 0 Å². The third-order valence-electron chi connectivity index (χ3n) is 2.96. The molecule has 1 aromatic rings. The first-order valence-electron chi connectivity index (χ1n) is 5.03. The van der Waals surface area contributed by atoms with Crippen LogP contribution in [0.25, 0.3) is 0 Å². The summed E-state index contributed by atoms with van der Waals surface area (Å²) in [4.78, 5) is 0. The van der Waals surface area contributed by atoms with Gasteiger partial charge in [0.15, 0.2) is 0 Å². The van der Waals surface area contributed by atoms with Crippen molar-refractivity contribution in [3.8, 4) is 12.3 Å². The van der Waals surface area contributed by atoms with Crippen molar-refractivity contribution in [1.29, 1.82) is 0 Å². The molecule has 0 aromatic heterocycles. The Morgan fingerprint density at radius 3 is 2.20 bits per heavy atom. The smallest absolute Gasteiger partial charge is 0.0595 e. The second-order valence-electron chi connectivity index (χ2n) is 3.56. The van der Waals surface area contributed by atoms with Crippen molar-refractivity contribution in [2.24, 2.45) is 0 Å². The average molecular weight is 241 g/mol. The molecule has 1 aromatic carbocycles. The van der Waals surface area contributed by atoms with Gasteiger partial charge in [0.05, 0.1) is 15.5 Å². The lowest BCUT2D eigenvalue weighted by molar-refractivity contribution is 0.518. The Kier molecular flexibility index (Phi) is 4.08. The molecule has 0 aliphatic heterocycles. The number of terminal acetylenes is 1. The molecule has 0 heterocycles. The molecular formula is C13H14Cl2. The van der Waals surface area contributed by atoms with E-state index in [1.54, 1.807) is 6.07 Å². The van der Waals surface area contributed by atoms with Crippen LogP contribution >= 0.6 is 23.2 Å². The number of halogens is 2. The Morgan fingerprint density at radius 2 is 1.80 bits per heavy atom. The highest BCUT2D eigenvalue weighted by atomic mass is 35.5. The van der Waals surface area contributed by atoms with Gasteiger partial charge in [-0.2, -0.15) is 0 Å². The summed E-state index contributed by atoms with van der Waals surface area (Å²) < 4.78 is 0. The summed E-state index contributed by atoms with van der Waals surface area (Å²) in [5.41, 5.74) is 0.859. The topological polar surface area (TPSA) is 0 Å². The van der Waals surface area contributed by atoms with Gasteiger partial charge >= 0.3 is 0 Å².